The van der Waals surface area contributed by atoms with Crippen molar-refractivity contribution in [1.29, 1.82) is 0 Å². The number of nitro groups is 1. The van der Waals surface area contributed by atoms with E-state index in [0.29, 0.717) is 12.6 Å². The Balaban J connectivity index is 1.44. The van der Waals surface area contributed by atoms with Crippen LogP contribution in [0.1, 0.15) is 24.1 Å². The molecule has 3 rings (SSSR count). The third-order valence-electron chi connectivity index (χ3n) is 4.85. The molecule has 0 atom stereocenters. The Morgan fingerprint density at radius 3 is 2.79 bits per heavy atom. The van der Waals surface area contributed by atoms with E-state index in [-0.39, 0.29) is 10.6 Å². The highest BCUT2D eigenvalue weighted by molar-refractivity contribution is 5.80. The van der Waals surface area contributed by atoms with E-state index < -0.39 is 0 Å². The Labute approximate surface area is 164 Å². The highest BCUT2D eigenvalue weighted by atomic mass is 16.6. The summed E-state index contributed by atoms with van der Waals surface area (Å²) in [5.74, 6) is 0.717. The van der Waals surface area contributed by atoms with Crippen molar-refractivity contribution in [1.82, 2.24) is 20.5 Å². The lowest BCUT2D eigenvalue weighted by Crippen LogP contribution is -2.48. The van der Waals surface area contributed by atoms with Gasteiger partial charge >= 0.3 is 0 Å². The molecule has 28 heavy (non-hydrogen) atoms. The van der Waals surface area contributed by atoms with Gasteiger partial charge in [0.1, 0.15) is 0 Å². The first-order valence-corrected chi connectivity index (χ1v) is 9.47. The Morgan fingerprint density at radius 2 is 2.11 bits per heavy atom. The SMILES string of the molecule is CN=C(NCc1cccc([N+](=O)[O-])c1)NC1CCN(Cc2ccccn2)CC1. The van der Waals surface area contributed by atoms with Crippen molar-refractivity contribution in [2.45, 2.75) is 32.0 Å². The molecule has 0 radical (unpaired) electrons. The Morgan fingerprint density at radius 1 is 1.29 bits per heavy atom. The minimum Gasteiger partial charge on any atom is -0.354 e. The van der Waals surface area contributed by atoms with Gasteiger partial charge in [-0.3, -0.25) is 25.0 Å². The van der Waals surface area contributed by atoms with Crippen LogP contribution >= 0.6 is 0 Å². The van der Waals surface area contributed by atoms with Crippen LogP contribution in [0.5, 0.6) is 0 Å². The quantitative estimate of drug-likeness (QED) is 0.345. The summed E-state index contributed by atoms with van der Waals surface area (Å²) in [4.78, 5) is 21.6. The molecule has 8 heteroatoms. The largest absolute Gasteiger partial charge is 0.354 e. The molecule has 0 bridgehead atoms. The van der Waals surface area contributed by atoms with Crippen LogP contribution < -0.4 is 10.6 Å². The molecule has 1 fully saturated rings. The number of pyridine rings is 1. The van der Waals surface area contributed by atoms with Gasteiger partial charge in [0.05, 0.1) is 10.6 Å². The Bertz CT molecular complexity index is 803. The van der Waals surface area contributed by atoms with Crippen LogP contribution in [0.2, 0.25) is 0 Å². The Kier molecular flexibility index (Phi) is 6.91. The van der Waals surface area contributed by atoms with Crippen molar-refractivity contribution in [3.63, 3.8) is 0 Å². The second-order valence-electron chi connectivity index (χ2n) is 6.87. The molecule has 1 aromatic carbocycles. The van der Waals surface area contributed by atoms with E-state index >= 15 is 0 Å². The van der Waals surface area contributed by atoms with Crippen LogP contribution in [0.4, 0.5) is 5.69 Å². The standard InChI is InChI=1S/C20H26N6O2/c1-21-20(23-14-16-5-4-7-19(13-16)26(27)28)24-17-8-11-25(12-9-17)15-18-6-2-3-10-22-18/h2-7,10,13,17H,8-9,11-12,14-15H2,1H3,(H2,21,23,24). The summed E-state index contributed by atoms with van der Waals surface area (Å²) >= 11 is 0. The van der Waals surface area contributed by atoms with Crippen molar-refractivity contribution in [3.8, 4) is 0 Å². The fraction of sp³-hybridized carbons (Fsp3) is 0.400. The van der Waals surface area contributed by atoms with E-state index in [2.05, 4.69) is 31.6 Å². The van der Waals surface area contributed by atoms with Crippen molar-refractivity contribution in [2.75, 3.05) is 20.1 Å². The molecule has 0 amide bonds. The smallest absolute Gasteiger partial charge is 0.269 e. The van der Waals surface area contributed by atoms with Gasteiger partial charge in [-0.25, -0.2) is 0 Å². The molecule has 1 aliphatic heterocycles. The first-order valence-electron chi connectivity index (χ1n) is 9.47. The fourth-order valence-corrected chi connectivity index (χ4v) is 3.31. The molecule has 1 saturated heterocycles. The molecule has 2 heterocycles. The van der Waals surface area contributed by atoms with Crippen molar-refractivity contribution in [3.05, 3.63) is 70.0 Å². The van der Waals surface area contributed by atoms with Crippen LogP contribution in [0.25, 0.3) is 0 Å². The average molecular weight is 382 g/mol. The molecule has 0 saturated carbocycles. The second-order valence-corrected chi connectivity index (χ2v) is 6.87. The monoisotopic (exact) mass is 382 g/mol. The van der Waals surface area contributed by atoms with Gasteiger partial charge < -0.3 is 10.6 Å². The zero-order chi connectivity index (χ0) is 19.8. The third-order valence-corrected chi connectivity index (χ3v) is 4.85. The number of piperidine rings is 1. The lowest BCUT2D eigenvalue weighted by atomic mass is 10.0. The van der Waals surface area contributed by atoms with Crippen LogP contribution in [0.3, 0.4) is 0 Å². The number of nitrogens with zero attached hydrogens (tertiary/aromatic N) is 4. The van der Waals surface area contributed by atoms with Crippen LogP contribution in [0.15, 0.2) is 53.7 Å². The number of aromatic nitrogens is 1. The molecule has 8 nitrogen and oxygen atoms in total. The van der Waals surface area contributed by atoms with E-state index in [1.807, 2.05) is 24.4 Å². The lowest BCUT2D eigenvalue weighted by Gasteiger charge is -2.32. The first-order chi connectivity index (χ1) is 13.6. The number of hydrogen-bond donors (Lipinski definition) is 2. The summed E-state index contributed by atoms with van der Waals surface area (Å²) < 4.78 is 0. The highest BCUT2D eigenvalue weighted by Crippen LogP contribution is 2.14. The summed E-state index contributed by atoms with van der Waals surface area (Å²) in [6.45, 7) is 3.39. The molecular weight excluding hydrogens is 356 g/mol. The van der Waals surface area contributed by atoms with Crippen molar-refractivity contribution < 1.29 is 4.92 Å². The summed E-state index contributed by atoms with van der Waals surface area (Å²) in [6.07, 6.45) is 3.90. The van der Waals surface area contributed by atoms with E-state index in [1.165, 1.54) is 6.07 Å². The van der Waals surface area contributed by atoms with Crippen molar-refractivity contribution >= 4 is 11.6 Å². The summed E-state index contributed by atoms with van der Waals surface area (Å²) in [7, 11) is 1.74. The van der Waals surface area contributed by atoms with Gasteiger partial charge in [-0.05, 0) is 30.5 Å². The van der Waals surface area contributed by atoms with Gasteiger partial charge in [0.25, 0.3) is 5.69 Å². The molecule has 2 N–H and O–H groups in total. The van der Waals surface area contributed by atoms with E-state index in [9.17, 15) is 10.1 Å². The summed E-state index contributed by atoms with van der Waals surface area (Å²) in [6, 6.07) is 13.0. The summed E-state index contributed by atoms with van der Waals surface area (Å²) in [5.41, 5.74) is 2.05. The maximum Gasteiger partial charge on any atom is 0.269 e. The third kappa shape index (κ3) is 5.75. The number of guanidine groups is 1. The van der Waals surface area contributed by atoms with E-state index in [1.54, 1.807) is 19.2 Å². The second kappa shape index (κ2) is 9.80. The number of rotatable bonds is 6. The van der Waals surface area contributed by atoms with Crippen molar-refractivity contribution in [2.24, 2.45) is 4.99 Å². The number of nitro benzene ring substituents is 1. The summed E-state index contributed by atoms with van der Waals surface area (Å²) in [5, 5.41) is 17.6. The maximum absolute atomic E-state index is 10.9. The number of likely N-dealkylation sites (tertiary alicyclic amines) is 1. The van der Waals surface area contributed by atoms with Gasteiger partial charge in [0.2, 0.25) is 0 Å². The predicted octanol–water partition coefficient (Wildman–Crippen LogP) is 2.32. The van der Waals surface area contributed by atoms with Gasteiger partial charge in [0, 0.05) is 57.6 Å². The molecule has 1 aliphatic rings. The minimum atomic E-state index is -0.380. The molecule has 148 valence electrons. The van der Waals surface area contributed by atoms with Gasteiger partial charge in [-0.2, -0.15) is 0 Å². The molecule has 2 aromatic rings. The molecule has 0 unspecified atom stereocenters. The number of non-ortho nitro benzene ring substituents is 1. The normalized spacial score (nSPS) is 16.0. The molecule has 1 aromatic heterocycles. The maximum atomic E-state index is 10.9. The van der Waals surface area contributed by atoms with Gasteiger partial charge in [-0.15, -0.1) is 0 Å². The molecule has 0 spiro atoms. The highest BCUT2D eigenvalue weighted by Gasteiger charge is 2.20. The first kappa shape index (κ1) is 19.8. The number of aliphatic imine (C=N–C) groups is 1. The fourth-order valence-electron chi connectivity index (χ4n) is 3.31. The van der Waals surface area contributed by atoms with Gasteiger partial charge in [0.15, 0.2) is 5.96 Å². The number of hydrogen-bond acceptors (Lipinski definition) is 5. The Hall–Kier alpha value is -3.00. The van der Waals surface area contributed by atoms with Crippen LogP contribution in [0, 0.1) is 10.1 Å². The molecular formula is C20H26N6O2. The van der Waals surface area contributed by atoms with E-state index in [4.69, 9.17) is 0 Å². The van der Waals surface area contributed by atoms with Gasteiger partial charge in [-0.1, -0.05) is 18.2 Å². The minimum absolute atomic E-state index is 0.0996. The lowest BCUT2D eigenvalue weighted by molar-refractivity contribution is -0.384. The average Bonchev–Trinajstić information content (AvgIpc) is 2.73. The van der Waals surface area contributed by atoms with E-state index in [0.717, 1.165) is 49.7 Å². The number of benzene rings is 1. The predicted molar refractivity (Wildman–Crippen MR) is 109 cm³/mol. The van der Waals surface area contributed by atoms with Crippen LogP contribution in [-0.4, -0.2) is 46.9 Å². The topological polar surface area (TPSA) is 95.7 Å². The number of nitrogens with one attached hydrogen (secondary N) is 2. The zero-order valence-corrected chi connectivity index (χ0v) is 16.0. The van der Waals surface area contributed by atoms with Crippen LogP contribution in [-0.2, 0) is 13.1 Å². The molecule has 0 aliphatic carbocycles. The zero-order valence-electron chi connectivity index (χ0n) is 16.0.